The average Bonchev–Trinajstić information content (AvgIpc) is 3.12. The Morgan fingerprint density at radius 2 is 0.962 bits per heavy atom. The van der Waals surface area contributed by atoms with Crippen LogP contribution in [0.5, 0.6) is 0 Å². The van der Waals surface area contributed by atoms with E-state index in [2.05, 4.69) is 6.92 Å². The Balaban J connectivity index is 1.82. The van der Waals surface area contributed by atoms with E-state index in [9.17, 15) is 19.2 Å². The maximum Gasteiger partial charge on any atom is 0.231 e. The summed E-state index contributed by atoms with van der Waals surface area (Å²) < 4.78 is 0. The number of likely N-dealkylation sites (tertiary alicyclic amines) is 2. The quantitative estimate of drug-likeness (QED) is 0.392. The zero-order chi connectivity index (χ0) is 18.9. The van der Waals surface area contributed by atoms with Gasteiger partial charge in [-0.05, 0) is 12.8 Å². The van der Waals surface area contributed by atoms with Crippen LogP contribution in [0.25, 0.3) is 0 Å². The van der Waals surface area contributed by atoms with Crippen LogP contribution in [0.2, 0.25) is 0 Å². The van der Waals surface area contributed by atoms with Gasteiger partial charge in [0.25, 0.3) is 0 Å². The maximum absolute atomic E-state index is 12.1. The standard InChI is InChI=1S/C20H32N2O4/c1-2-3-4-5-6-7-8-9-10-11-16(21-17(23)12-13-18(21)24)22-19(25)14-15-20(22)26/h16H,2-15H2,1H3. The number of unbranched alkanes of at least 4 members (excludes halogenated alkanes) is 8. The summed E-state index contributed by atoms with van der Waals surface area (Å²) in [5, 5.41) is 0. The molecule has 6 heteroatoms. The smallest absolute Gasteiger partial charge is 0.231 e. The highest BCUT2D eigenvalue weighted by Crippen LogP contribution is 2.26. The molecular formula is C20H32N2O4. The minimum absolute atomic E-state index is 0.184. The van der Waals surface area contributed by atoms with Crippen molar-refractivity contribution in [1.82, 2.24) is 9.80 Å². The van der Waals surface area contributed by atoms with Gasteiger partial charge < -0.3 is 0 Å². The van der Waals surface area contributed by atoms with E-state index in [0.29, 0.717) is 6.42 Å². The van der Waals surface area contributed by atoms with Crippen LogP contribution in [0.4, 0.5) is 0 Å². The lowest BCUT2D eigenvalue weighted by molar-refractivity contribution is -0.154. The lowest BCUT2D eigenvalue weighted by atomic mass is 10.1. The number of hydrogen-bond acceptors (Lipinski definition) is 4. The fourth-order valence-corrected chi connectivity index (χ4v) is 3.86. The molecule has 2 heterocycles. The fourth-order valence-electron chi connectivity index (χ4n) is 3.86. The molecule has 0 radical (unpaired) electrons. The van der Waals surface area contributed by atoms with Gasteiger partial charge in [-0.3, -0.25) is 29.0 Å². The molecule has 2 rings (SSSR count). The summed E-state index contributed by atoms with van der Waals surface area (Å²) in [6.45, 7) is 2.21. The van der Waals surface area contributed by atoms with Gasteiger partial charge in [-0.2, -0.15) is 0 Å². The van der Waals surface area contributed by atoms with Gasteiger partial charge in [-0.25, -0.2) is 0 Å². The van der Waals surface area contributed by atoms with Gasteiger partial charge in [0.2, 0.25) is 23.6 Å². The summed E-state index contributed by atoms with van der Waals surface area (Å²) in [5.41, 5.74) is 0. The van der Waals surface area contributed by atoms with Crippen molar-refractivity contribution >= 4 is 23.6 Å². The molecule has 146 valence electrons. The van der Waals surface area contributed by atoms with Crippen LogP contribution in [0, 0.1) is 0 Å². The van der Waals surface area contributed by atoms with E-state index >= 15 is 0 Å². The second-order valence-corrected chi connectivity index (χ2v) is 7.41. The van der Waals surface area contributed by atoms with E-state index in [1.165, 1.54) is 48.3 Å². The van der Waals surface area contributed by atoms with Gasteiger partial charge >= 0.3 is 0 Å². The Morgan fingerprint density at radius 3 is 1.35 bits per heavy atom. The molecule has 2 aliphatic heterocycles. The van der Waals surface area contributed by atoms with Crippen LogP contribution in [0.3, 0.4) is 0 Å². The third-order valence-electron chi connectivity index (χ3n) is 5.34. The topological polar surface area (TPSA) is 74.8 Å². The van der Waals surface area contributed by atoms with Crippen molar-refractivity contribution in [3.63, 3.8) is 0 Å². The SMILES string of the molecule is CCCCCCCCCCCC(N1C(=O)CCC1=O)N1C(=O)CCC1=O. The highest BCUT2D eigenvalue weighted by atomic mass is 16.2. The highest BCUT2D eigenvalue weighted by Gasteiger charge is 2.43. The van der Waals surface area contributed by atoms with Crippen molar-refractivity contribution < 1.29 is 19.2 Å². The molecule has 0 bridgehead atoms. The molecule has 0 aromatic rings. The minimum atomic E-state index is -0.704. The first-order chi connectivity index (χ1) is 12.6. The molecule has 26 heavy (non-hydrogen) atoms. The lowest BCUT2D eigenvalue weighted by Gasteiger charge is -2.32. The van der Waals surface area contributed by atoms with E-state index in [-0.39, 0.29) is 49.3 Å². The molecule has 0 aromatic carbocycles. The monoisotopic (exact) mass is 364 g/mol. The van der Waals surface area contributed by atoms with Gasteiger partial charge in [0.15, 0.2) is 0 Å². The molecule has 4 amide bonds. The van der Waals surface area contributed by atoms with Crippen LogP contribution in [-0.2, 0) is 19.2 Å². The molecule has 2 saturated heterocycles. The van der Waals surface area contributed by atoms with Crippen LogP contribution < -0.4 is 0 Å². The zero-order valence-electron chi connectivity index (χ0n) is 16.0. The number of nitrogens with zero attached hydrogens (tertiary/aromatic N) is 2. The molecule has 0 saturated carbocycles. The maximum atomic E-state index is 12.1. The molecule has 2 fully saturated rings. The van der Waals surface area contributed by atoms with Gasteiger partial charge in [-0.1, -0.05) is 58.3 Å². The summed E-state index contributed by atoms with van der Waals surface area (Å²) in [6.07, 6.45) is 11.0. The Morgan fingerprint density at radius 1 is 0.615 bits per heavy atom. The summed E-state index contributed by atoms with van der Waals surface area (Å²) in [7, 11) is 0. The number of hydrogen-bond donors (Lipinski definition) is 0. The summed E-state index contributed by atoms with van der Waals surface area (Å²) in [6, 6.07) is 0. The summed E-state index contributed by atoms with van der Waals surface area (Å²) in [5.74, 6) is -1.04. The van der Waals surface area contributed by atoms with Crippen molar-refractivity contribution in [3.05, 3.63) is 0 Å². The number of carbonyl (C=O) groups excluding carboxylic acids is 4. The molecule has 0 spiro atoms. The second-order valence-electron chi connectivity index (χ2n) is 7.41. The van der Waals surface area contributed by atoms with Gasteiger partial charge in [0.05, 0.1) is 0 Å². The van der Waals surface area contributed by atoms with E-state index in [1.54, 1.807) is 0 Å². The Hall–Kier alpha value is -1.72. The molecule has 0 aliphatic carbocycles. The molecule has 0 N–H and O–H groups in total. The van der Waals surface area contributed by atoms with Gasteiger partial charge in [0, 0.05) is 25.7 Å². The molecule has 0 unspecified atom stereocenters. The van der Waals surface area contributed by atoms with E-state index < -0.39 is 6.17 Å². The predicted molar refractivity (Wildman–Crippen MR) is 97.8 cm³/mol. The molecule has 6 nitrogen and oxygen atoms in total. The Bertz CT molecular complexity index is 464. The number of imide groups is 2. The fraction of sp³-hybridized carbons (Fsp3) is 0.800. The first-order valence-electron chi connectivity index (χ1n) is 10.3. The lowest BCUT2D eigenvalue weighted by Crippen LogP contribution is -2.52. The van der Waals surface area contributed by atoms with E-state index in [1.807, 2.05) is 0 Å². The molecule has 2 aliphatic rings. The van der Waals surface area contributed by atoms with Crippen molar-refractivity contribution in [2.45, 2.75) is 103 Å². The van der Waals surface area contributed by atoms with Gasteiger partial charge in [-0.15, -0.1) is 0 Å². The van der Waals surface area contributed by atoms with Crippen LogP contribution >= 0.6 is 0 Å². The first-order valence-corrected chi connectivity index (χ1v) is 10.3. The first kappa shape index (κ1) is 20.6. The Kier molecular flexibility index (Phi) is 8.26. The second kappa shape index (κ2) is 10.4. The third-order valence-corrected chi connectivity index (χ3v) is 5.34. The molecule has 0 atom stereocenters. The van der Waals surface area contributed by atoms with Gasteiger partial charge in [0.1, 0.15) is 6.17 Å². The Labute approximate surface area is 156 Å². The van der Waals surface area contributed by atoms with Crippen LogP contribution in [0.15, 0.2) is 0 Å². The van der Waals surface area contributed by atoms with Crippen LogP contribution in [-0.4, -0.2) is 39.6 Å². The highest BCUT2D eigenvalue weighted by molar-refractivity contribution is 6.06. The average molecular weight is 364 g/mol. The zero-order valence-corrected chi connectivity index (χ0v) is 16.0. The van der Waals surface area contributed by atoms with Crippen molar-refractivity contribution in [1.29, 1.82) is 0 Å². The third kappa shape index (κ3) is 5.39. The molecular weight excluding hydrogens is 332 g/mol. The predicted octanol–water partition coefficient (Wildman–Crippen LogP) is 3.53. The summed E-state index contributed by atoms with van der Waals surface area (Å²) in [4.78, 5) is 50.8. The normalized spacial score (nSPS) is 18.1. The summed E-state index contributed by atoms with van der Waals surface area (Å²) >= 11 is 0. The van der Waals surface area contributed by atoms with Crippen LogP contribution in [0.1, 0.15) is 96.8 Å². The van der Waals surface area contributed by atoms with Crippen molar-refractivity contribution in [2.24, 2.45) is 0 Å². The number of amides is 4. The van der Waals surface area contributed by atoms with E-state index in [0.717, 1.165) is 19.3 Å². The van der Waals surface area contributed by atoms with Crippen molar-refractivity contribution in [3.8, 4) is 0 Å². The van der Waals surface area contributed by atoms with E-state index in [4.69, 9.17) is 0 Å². The number of rotatable bonds is 12. The minimum Gasteiger partial charge on any atom is -0.274 e. The van der Waals surface area contributed by atoms with Crippen molar-refractivity contribution in [2.75, 3.05) is 0 Å². The molecule has 0 aromatic heterocycles. The largest absolute Gasteiger partial charge is 0.274 e. The number of carbonyl (C=O) groups is 4.